The number of hydrogen-bond donors (Lipinski definition) is 3. The monoisotopic (exact) mass is 451 g/mol. The lowest BCUT2D eigenvalue weighted by atomic mass is 10.0. The number of ether oxygens (including phenoxy) is 1. The predicted molar refractivity (Wildman–Crippen MR) is 129 cm³/mol. The number of nitrogens with zero attached hydrogens (tertiary/aromatic N) is 4. The summed E-state index contributed by atoms with van der Waals surface area (Å²) in [5.41, 5.74) is 12.9. The summed E-state index contributed by atoms with van der Waals surface area (Å²) in [5, 5.41) is 7.47. The topological polar surface area (TPSA) is 118 Å². The van der Waals surface area contributed by atoms with Gasteiger partial charge in [0.2, 0.25) is 0 Å². The third-order valence-electron chi connectivity index (χ3n) is 5.62. The van der Waals surface area contributed by atoms with Crippen molar-refractivity contribution < 1.29 is 9.13 Å². The average molecular weight is 451 g/mol. The molecule has 0 radical (unpaired) electrons. The molecule has 9 heteroatoms. The Morgan fingerprint density at radius 2 is 1.82 bits per heavy atom. The van der Waals surface area contributed by atoms with E-state index in [9.17, 15) is 4.39 Å². The number of aromatic nitrogens is 6. The van der Waals surface area contributed by atoms with E-state index in [1.807, 2.05) is 36.4 Å². The van der Waals surface area contributed by atoms with Crippen molar-refractivity contribution in [2.45, 2.75) is 0 Å². The number of benzene rings is 2. The third kappa shape index (κ3) is 3.30. The molecule has 4 aromatic heterocycles. The number of halogens is 1. The molecule has 0 amide bonds. The standard InChI is InChI=1S/C25H18FN7O/c1-34-17-9-13(7-15(26)10-17)18-3-2-4-20-22(18)31-25(30-20)24-23-21(32-33-24)6-5-19(29-23)14-8-16(27)12-28-11-14/h2-12H,27H2,1H3,(H,30,31)(H,32,33). The van der Waals surface area contributed by atoms with Crippen LogP contribution in [0.4, 0.5) is 10.1 Å². The molecule has 0 saturated carbocycles. The van der Waals surface area contributed by atoms with Gasteiger partial charge in [-0.2, -0.15) is 5.10 Å². The van der Waals surface area contributed by atoms with Gasteiger partial charge >= 0.3 is 0 Å². The van der Waals surface area contributed by atoms with Gasteiger partial charge in [-0.25, -0.2) is 14.4 Å². The number of pyridine rings is 2. The fourth-order valence-corrected chi connectivity index (χ4v) is 4.04. The molecule has 6 aromatic rings. The van der Waals surface area contributed by atoms with Crippen LogP contribution in [0.5, 0.6) is 5.75 Å². The fourth-order valence-electron chi connectivity index (χ4n) is 4.04. The molecule has 0 spiro atoms. The minimum Gasteiger partial charge on any atom is -0.497 e. The number of methoxy groups -OCH3 is 1. The number of imidazole rings is 1. The van der Waals surface area contributed by atoms with Crippen LogP contribution < -0.4 is 10.5 Å². The summed E-state index contributed by atoms with van der Waals surface area (Å²) in [6.45, 7) is 0. The number of H-pyrrole nitrogens is 2. The molecule has 166 valence electrons. The molecule has 0 saturated heterocycles. The van der Waals surface area contributed by atoms with E-state index in [1.165, 1.54) is 19.2 Å². The highest BCUT2D eigenvalue weighted by Crippen LogP contribution is 2.33. The second-order valence-corrected chi connectivity index (χ2v) is 7.84. The van der Waals surface area contributed by atoms with E-state index < -0.39 is 0 Å². The Bertz CT molecular complexity index is 1690. The number of rotatable bonds is 4. The fraction of sp³-hybridized carbons (Fsp3) is 0.0400. The van der Waals surface area contributed by atoms with Crippen molar-refractivity contribution >= 4 is 27.8 Å². The smallest absolute Gasteiger partial charge is 0.161 e. The van der Waals surface area contributed by atoms with Crippen LogP contribution in [-0.2, 0) is 0 Å². The molecule has 0 aliphatic rings. The predicted octanol–water partition coefficient (Wildman–Crippen LogP) is 4.96. The SMILES string of the molecule is COc1cc(F)cc(-c2cccc3[nH]c(-c4n[nH]c5ccc(-c6cncc(N)c6)nc45)nc23)c1. The zero-order valence-corrected chi connectivity index (χ0v) is 18.0. The number of nitrogens with one attached hydrogen (secondary N) is 2. The minimum atomic E-state index is -0.381. The van der Waals surface area contributed by atoms with Gasteiger partial charge in [0.05, 0.1) is 35.0 Å². The van der Waals surface area contributed by atoms with Gasteiger partial charge in [0.1, 0.15) is 17.1 Å². The van der Waals surface area contributed by atoms with E-state index in [0.29, 0.717) is 39.6 Å². The second kappa shape index (κ2) is 7.66. The third-order valence-corrected chi connectivity index (χ3v) is 5.62. The molecule has 6 rings (SSSR count). The van der Waals surface area contributed by atoms with Crippen LogP contribution >= 0.6 is 0 Å². The van der Waals surface area contributed by atoms with Crippen LogP contribution in [-0.4, -0.2) is 37.2 Å². The van der Waals surface area contributed by atoms with Gasteiger partial charge in [-0.3, -0.25) is 10.1 Å². The summed E-state index contributed by atoms with van der Waals surface area (Å²) in [6, 6.07) is 15.9. The number of anilines is 1. The Labute approximate surface area is 192 Å². The largest absolute Gasteiger partial charge is 0.497 e. The van der Waals surface area contributed by atoms with Crippen molar-refractivity contribution in [3.8, 4) is 39.7 Å². The van der Waals surface area contributed by atoms with Gasteiger partial charge in [-0.05, 0) is 42.0 Å². The number of aromatic amines is 2. The van der Waals surface area contributed by atoms with Crippen molar-refractivity contribution in [2.24, 2.45) is 0 Å². The Morgan fingerprint density at radius 1 is 0.912 bits per heavy atom. The van der Waals surface area contributed by atoms with Crippen LogP contribution in [0.15, 0.2) is 67.0 Å². The Kier molecular flexibility index (Phi) is 4.48. The van der Waals surface area contributed by atoms with E-state index in [1.54, 1.807) is 18.5 Å². The average Bonchev–Trinajstić information content (AvgIpc) is 3.47. The molecule has 0 atom stereocenters. The van der Waals surface area contributed by atoms with Gasteiger partial charge in [0.15, 0.2) is 11.5 Å². The van der Waals surface area contributed by atoms with E-state index in [4.69, 9.17) is 20.4 Å². The van der Waals surface area contributed by atoms with E-state index in [-0.39, 0.29) is 5.82 Å². The highest BCUT2D eigenvalue weighted by atomic mass is 19.1. The van der Waals surface area contributed by atoms with Gasteiger partial charge in [-0.1, -0.05) is 12.1 Å². The quantitative estimate of drug-likeness (QED) is 0.349. The molecule has 0 aliphatic heterocycles. The van der Waals surface area contributed by atoms with Crippen molar-refractivity contribution in [3.05, 3.63) is 72.8 Å². The summed E-state index contributed by atoms with van der Waals surface area (Å²) in [7, 11) is 1.51. The molecular formula is C25H18FN7O. The number of nitrogens with two attached hydrogens (primary N) is 1. The highest BCUT2D eigenvalue weighted by Gasteiger charge is 2.17. The first-order valence-electron chi connectivity index (χ1n) is 10.5. The first-order chi connectivity index (χ1) is 16.6. The summed E-state index contributed by atoms with van der Waals surface area (Å²) in [6.07, 6.45) is 3.30. The van der Waals surface area contributed by atoms with Gasteiger partial charge < -0.3 is 15.5 Å². The maximum absolute atomic E-state index is 14.2. The number of nitrogen functional groups attached to an aromatic ring is 1. The molecule has 34 heavy (non-hydrogen) atoms. The lowest BCUT2D eigenvalue weighted by molar-refractivity contribution is 0.411. The van der Waals surface area contributed by atoms with Crippen LogP contribution in [0.2, 0.25) is 0 Å². The van der Waals surface area contributed by atoms with Crippen LogP contribution in [0.1, 0.15) is 0 Å². The van der Waals surface area contributed by atoms with E-state index in [0.717, 1.165) is 27.9 Å². The Balaban J connectivity index is 1.50. The molecule has 0 unspecified atom stereocenters. The van der Waals surface area contributed by atoms with Gasteiger partial charge in [-0.15, -0.1) is 0 Å². The molecule has 0 bridgehead atoms. The van der Waals surface area contributed by atoms with E-state index >= 15 is 0 Å². The maximum Gasteiger partial charge on any atom is 0.161 e. The van der Waals surface area contributed by atoms with Crippen molar-refractivity contribution in [1.82, 2.24) is 30.1 Å². The molecule has 2 aromatic carbocycles. The Morgan fingerprint density at radius 3 is 2.68 bits per heavy atom. The lowest BCUT2D eigenvalue weighted by Crippen LogP contribution is -1.90. The Hall–Kier alpha value is -4.79. The minimum absolute atomic E-state index is 0.381. The first-order valence-corrected chi connectivity index (χ1v) is 10.5. The zero-order chi connectivity index (χ0) is 23.2. The summed E-state index contributed by atoms with van der Waals surface area (Å²) < 4.78 is 19.4. The van der Waals surface area contributed by atoms with Crippen molar-refractivity contribution in [2.75, 3.05) is 12.8 Å². The number of para-hydroxylation sites is 1. The van der Waals surface area contributed by atoms with Crippen LogP contribution in [0.25, 0.3) is 56.0 Å². The van der Waals surface area contributed by atoms with Crippen LogP contribution in [0, 0.1) is 5.82 Å². The maximum atomic E-state index is 14.2. The van der Waals surface area contributed by atoms with Gasteiger partial charge in [0, 0.05) is 29.6 Å². The normalized spacial score (nSPS) is 11.4. The molecule has 4 N–H and O–H groups in total. The highest BCUT2D eigenvalue weighted by molar-refractivity contribution is 5.96. The van der Waals surface area contributed by atoms with Crippen LogP contribution in [0.3, 0.4) is 0 Å². The molecule has 0 aliphatic carbocycles. The van der Waals surface area contributed by atoms with E-state index in [2.05, 4.69) is 20.2 Å². The first kappa shape index (κ1) is 19.9. The molecular weight excluding hydrogens is 433 g/mol. The molecule has 4 heterocycles. The number of hydrogen-bond acceptors (Lipinski definition) is 6. The van der Waals surface area contributed by atoms with Crippen molar-refractivity contribution in [1.29, 1.82) is 0 Å². The number of fused-ring (bicyclic) bond motifs is 2. The summed E-state index contributed by atoms with van der Waals surface area (Å²) in [4.78, 5) is 17.1. The zero-order valence-electron chi connectivity index (χ0n) is 18.0. The van der Waals surface area contributed by atoms with Gasteiger partial charge in [0.25, 0.3) is 0 Å². The summed E-state index contributed by atoms with van der Waals surface area (Å²) in [5.74, 6) is 0.606. The van der Waals surface area contributed by atoms with Crippen molar-refractivity contribution in [3.63, 3.8) is 0 Å². The molecule has 0 fully saturated rings. The summed E-state index contributed by atoms with van der Waals surface area (Å²) >= 11 is 0. The second-order valence-electron chi connectivity index (χ2n) is 7.84. The molecule has 8 nitrogen and oxygen atoms in total. The lowest BCUT2D eigenvalue weighted by Gasteiger charge is -2.06.